The van der Waals surface area contributed by atoms with Crippen molar-refractivity contribution < 1.29 is 22.7 Å². The third-order valence-corrected chi connectivity index (χ3v) is 5.72. The summed E-state index contributed by atoms with van der Waals surface area (Å²) < 4.78 is 31.3. The van der Waals surface area contributed by atoms with Gasteiger partial charge < -0.3 is 15.4 Å². The summed E-state index contributed by atoms with van der Waals surface area (Å²) in [5.74, 6) is -0.624. The number of nitrogens with one attached hydrogen (secondary N) is 3. The Morgan fingerprint density at radius 3 is 2.32 bits per heavy atom. The predicted octanol–water partition coefficient (Wildman–Crippen LogP) is 1.96. The number of hydrogen-bond donors (Lipinski definition) is 3. The zero-order valence-corrected chi connectivity index (χ0v) is 16.1. The summed E-state index contributed by atoms with van der Waals surface area (Å²) in [6, 6.07) is 12.4. The van der Waals surface area contributed by atoms with Crippen LogP contribution in [0.15, 0.2) is 53.4 Å². The molecule has 1 aliphatic rings. The molecule has 148 valence electrons. The van der Waals surface area contributed by atoms with Crippen molar-refractivity contribution in [2.45, 2.75) is 23.8 Å². The van der Waals surface area contributed by atoms with Crippen molar-refractivity contribution in [3.8, 4) is 0 Å². The molecule has 1 fully saturated rings. The maximum Gasteiger partial charge on any atom is 0.255 e. The lowest BCUT2D eigenvalue weighted by Gasteiger charge is -2.11. The summed E-state index contributed by atoms with van der Waals surface area (Å²) in [4.78, 5) is 24.5. The third-order valence-electron chi connectivity index (χ3n) is 4.31. The van der Waals surface area contributed by atoms with Gasteiger partial charge in [-0.2, -0.15) is 0 Å². The molecule has 0 radical (unpaired) electrons. The van der Waals surface area contributed by atoms with E-state index in [2.05, 4.69) is 15.4 Å². The molecular formula is C19H21N3O5S. The van der Waals surface area contributed by atoms with Gasteiger partial charge in [-0.25, -0.2) is 13.1 Å². The second-order valence-electron chi connectivity index (χ2n) is 6.26. The van der Waals surface area contributed by atoms with E-state index in [1.54, 1.807) is 24.3 Å². The largest absolute Gasteiger partial charge is 0.368 e. The summed E-state index contributed by atoms with van der Waals surface area (Å²) in [5, 5.41) is 5.48. The van der Waals surface area contributed by atoms with E-state index in [9.17, 15) is 18.0 Å². The van der Waals surface area contributed by atoms with Crippen LogP contribution < -0.4 is 15.4 Å². The highest BCUT2D eigenvalue weighted by atomic mass is 32.2. The highest BCUT2D eigenvalue weighted by Crippen LogP contribution is 2.18. The molecule has 1 atom stereocenters. The molecule has 2 aromatic carbocycles. The number of carbonyl (C=O) groups excluding carboxylic acids is 2. The third kappa shape index (κ3) is 4.75. The van der Waals surface area contributed by atoms with Crippen LogP contribution in [0.1, 0.15) is 23.2 Å². The number of ether oxygens (including phenoxy) is 1. The molecule has 0 bridgehead atoms. The van der Waals surface area contributed by atoms with Crippen LogP contribution in [0.3, 0.4) is 0 Å². The first-order valence-electron chi connectivity index (χ1n) is 8.76. The number of carbonyl (C=O) groups is 2. The topological polar surface area (TPSA) is 114 Å². The van der Waals surface area contributed by atoms with Crippen molar-refractivity contribution >= 4 is 33.2 Å². The van der Waals surface area contributed by atoms with E-state index in [1.807, 2.05) is 0 Å². The first-order chi connectivity index (χ1) is 13.4. The van der Waals surface area contributed by atoms with E-state index < -0.39 is 22.0 Å². The molecule has 0 aliphatic carbocycles. The molecule has 8 nitrogen and oxygen atoms in total. The fourth-order valence-electron chi connectivity index (χ4n) is 2.77. The molecule has 1 heterocycles. The van der Waals surface area contributed by atoms with Crippen LogP contribution in [-0.2, 0) is 19.6 Å². The highest BCUT2D eigenvalue weighted by molar-refractivity contribution is 7.89. The average molecular weight is 403 g/mol. The number of sulfonamides is 1. The average Bonchev–Trinajstić information content (AvgIpc) is 3.24. The Bertz CT molecular complexity index is 967. The normalized spacial score (nSPS) is 16.5. The molecule has 9 heteroatoms. The Labute approximate surface area is 163 Å². The maximum absolute atomic E-state index is 12.4. The second-order valence-corrected chi connectivity index (χ2v) is 8.14. The van der Waals surface area contributed by atoms with Crippen molar-refractivity contribution in [1.82, 2.24) is 4.72 Å². The van der Waals surface area contributed by atoms with Crippen LogP contribution in [0.4, 0.5) is 11.4 Å². The van der Waals surface area contributed by atoms with Gasteiger partial charge in [0.05, 0.1) is 4.90 Å². The van der Waals surface area contributed by atoms with Crippen LogP contribution in [0, 0.1) is 0 Å². The van der Waals surface area contributed by atoms with E-state index in [0.717, 1.165) is 6.42 Å². The summed E-state index contributed by atoms with van der Waals surface area (Å²) in [7, 11) is -2.33. The van der Waals surface area contributed by atoms with Gasteiger partial charge in [0.15, 0.2) is 0 Å². The molecule has 0 spiro atoms. The molecule has 3 rings (SSSR count). The Morgan fingerprint density at radius 2 is 1.71 bits per heavy atom. The van der Waals surface area contributed by atoms with Crippen molar-refractivity contribution in [1.29, 1.82) is 0 Å². The number of hydrogen-bond acceptors (Lipinski definition) is 5. The summed E-state index contributed by atoms with van der Waals surface area (Å²) in [5.41, 5.74) is 1.33. The Balaban J connectivity index is 1.64. The number of amides is 2. The van der Waals surface area contributed by atoms with Gasteiger partial charge in [0.1, 0.15) is 6.10 Å². The van der Waals surface area contributed by atoms with Gasteiger partial charge in [0, 0.05) is 23.5 Å². The Kier molecular flexibility index (Phi) is 6.08. The molecular weight excluding hydrogens is 382 g/mol. The summed E-state index contributed by atoms with van der Waals surface area (Å²) in [6.07, 6.45) is 1.17. The zero-order valence-electron chi connectivity index (χ0n) is 15.3. The van der Waals surface area contributed by atoms with Crippen molar-refractivity contribution in [3.05, 3.63) is 54.1 Å². The first kappa shape index (κ1) is 20.0. The maximum atomic E-state index is 12.4. The SMILES string of the molecule is CNS(=O)(=O)c1cccc(C(=O)Nc2ccc(NC(=O)C3CCCO3)cc2)c1. The lowest BCUT2D eigenvalue weighted by Crippen LogP contribution is -2.26. The monoisotopic (exact) mass is 403 g/mol. The number of anilines is 2. The van der Waals surface area contributed by atoms with Crippen LogP contribution in [0.25, 0.3) is 0 Å². The molecule has 3 N–H and O–H groups in total. The van der Waals surface area contributed by atoms with E-state index >= 15 is 0 Å². The second kappa shape index (κ2) is 8.51. The van der Waals surface area contributed by atoms with Crippen molar-refractivity contribution in [2.24, 2.45) is 0 Å². The van der Waals surface area contributed by atoms with Gasteiger partial charge in [-0.15, -0.1) is 0 Å². The van der Waals surface area contributed by atoms with Crippen LogP contribution in [0.2, 0.25) is 0 Å². The molecule has 1 saturated heterocycles. The number of benzene rings is 2. The molecule has 1 unspecified atom stereocenters. The smallest absolute Gasteiger partial charge is 0.255 e. The van der Waals surface area contributed by atoms with Crippen LogP contribution in [0.5, 0.6) is 0 Å². The highest BCUT2D eigenvalue weighted by Gasteiger charge is 2.23. The van der Waals surface area contributed by atoms with Crippen LogP contribution in [-0.4, -0.2) is 40.0 Å². The van der Waals surface area contributed by atoms with Crippen LogP contribution >= 0.6 is 0 Å². The lowest BCUT2D eigenvalue weighted by atomic mass is 10.2. The van der Waals surface area contributed by atoms with Gasteiger partial charge in [0.2, 0.25) is 10.0 Å². The van der Waals surface area contributed by atoms with E-state index in [0.29, 0.717) is 24.4 Å². The Morgan fingerprint density at radius 1 is 1.04 bits per heavy atom. The van der Waals surface area contributed by atoms with Crippen molar-refractivity contribution in [3.63, 3.8) is 0 Å². The molecule has 0 aromatic heterocycles. The Hall–Kier alpha value is -2.75. The molecule has 28 heavy (non-hydrogen) atoms. The molecule has 1 aliphatic heterocycles. The van der Waals surface area contributed by atoms with Gasteiger partial charge in [-0.3, -0.25) is 9.59 Å². The zero-order chi connectivity index (χ0) is 20.1. The molecule has 0 saturated carbocycles. The first-order valence-corrected chi connectivity index (χ1v) is 10.2. The predicted molar refractivity (Wildman–Crippen MR) is 105 cm³/mol. The van der Waals surface area contributed by atoms with E-state index in [4.69, 9.17) is 4.74 Å². The lowest BCUT2D eigenvalue weighted by molar-refractivity contribution is -0.124. The summed E-state index contributed by atoms with van der Waals surface area (Å²) >= 11 is 0. The fourth-order valence-corrected chi connectivity index (χ4v) is 3.55. The standard InChI is InChI=1S/C19H21N3O5S/c1-20-28(25,26)16-5-2-4-13(12-16)18(23)21-14-7-9-15(10-8-14)22-19(24)17-6-3-11-27-17/h2,4-5,7-10,12,17,20H,3,6,11H2,1H3,(H,21,23)(H,22,24). The van der Waals surface area contributed by atoms with Gasteiger partial charge in [0.25, 0.3) is 11.8 Å². The van der Waals surface area contributed by atoms with Gasteiger partial charge >= 0.3 is 0 Å². The fraction of sp³-hybridized carbons (Fsp3) is 0.263. The quantitative estimate of drug-likeness (QED) is 0.682. The number of rotatable bonds is 6. The molecule has 2 amide bonds. The van der Waals surface area contributed by atoms with E-state index in [-0.39, 0.29) is 16.4 Å². The minimum absolute atomic E-state index is 0.00911. The van der Waals surface area contributed by atoms with Gasteiger partial charge in [-0.05, 0) is 62.4 Å². The van der Waals surface area contributed by atoms with E-state index in [1.165, 1.54) is 31.3 Å². The minimum atomic E-state index is -3.63. The minimum Gasteiger partial charge on any atom is -0.368 e. The molecule has 2 aromatic rings. The van der Waals surface area contributed by atoms with Gasteiger partial charge in [-0.1, -0.05) is 6.07 Å². The summed E-state index contributed by atoms with van der Waals surface area (Å²) in [6.45, 7) is 0.597. The van der Waals surface area contributed by atoms with Crippen molar-refractivity contribution in [2.75, 3.05) is 24.3 Å².